The first-order chi connectivity index (χ1) is 22.6. The lowest BCUT2D eigenvalue weighted by atomic mass is 9.72. The molecule has 47 heavy (non-hydrogen) atoms. The molecule has 14 atom stereocenters. The molecule has 0 unspecified atom stereocenters. The fourth-order valence-electron chi connectivity index (χ4n) is 7.52. The number of nitrogens with zero attached hydrogens (tertiary/aromatic N) is 1. The Hall–Kier alpha value is -2.09. The van der Waals surface area contributed by atoms with Crippen molar-refractivity contribution in [1.29, 1.82) is 0 Å². The average molecular weight is 668 g/mol. The van der Waals surface area contributed by atoms with Crippen molar-refractivity contribution in [3.05, 3.63) is 42.0 Å². The first kappa shape index (κ1) is 34.8. The van der Waals surface area contributed by atoms with E-state index >= 15 is 0 Å². The Morgan fingerprint density at radius 1 is 0.809 bits per heavy atom. The van der Waals surface area contributed by atoms with Crippen LogP contribution in [0.5, 0.6) is 0 Å². The van der Waals surface area contributed by atoms with Crippen LogP contribution in [-0.4, -0.2) is 153 Å². The van der Waals surface area contributed by atoms with Gasteiger partial charge in [-0.25, -0.2) is 0 Å². The average Bonchev–Trinajstić information content (AvgIpc) is 3.62. The van der Waals surface area contributed by atoms with Crippen molar-refractivity contribution >= 4 is 11.5 Å². The van der Waals surface area contributed by atoms with Gasteiger partial charge in [0, 0.05) is 36.9 Å². The number of allylic oxidation sites excluding steroid dienone is 1. The van der Waals surface area contributed by atoms with Gasteiger partial charge < -0.3 is 69.4 Å². The fraction of sp³-hybridized carbons (Fsp3) is 0.719. The smallest absolute Gasteiger partial charge is 0.186 e. The number of benzene rings is 1. The van der Waals surface area contributed by atoms with E-state index in [1.165, 1.54) is 6.08 Å². The summed E-state index contributed by atoms with van der Waals surface area (Å²) >= 11 is 0. The second kappa shape index (κ2) is 14.4. The molecule has 1 aromatic carbocycles. The maximum atomic E-state index is 12.5. The van der Waals surface area contributed by atoms with Crippen LogP contribution in [0.15, 0.2) is 36.4 Å². The molecule has 262 valence electrons. The topological polar surface area (TPSA) is 228 Å². The largest absolute Gasteiger partial charge is 0.394 e. The maximum absolute atomic E-state index is 12.5. The summed E-state index contributed by atoms with van der Waals surface area (Å²) in [6.45, 7) is -0.118. The van der Waals surface area contributed by atoms with Gasteiger partial charge in [0.25, 0.3) is 0 Å². The molecule has 4 fully saturated rings. The highest BCUT2D eigenvalue weighted by Crippen LogP contribution is 2.53. The Balaban J connectivity index is 1.06. The van der Waals surface area contributed by atoms with Gasteiger partial charge in [-0.2, -0.15) is 0 Å². The van der Waals surface area contributed by atoms with Gasteiger partial charge >= 0.3 is 0 Å². The fourth-order valence-corrected chi connectivity index (χ4v) is 7.52. The van der Waals surface area contributed by atoms with Crippen LogP contribution in [0.25, 0.3) is 0 Å². The molecule has 4 aliphatic heterocycles. The highest BCUT2D eigenvalue weighted by atomic mass is 16.7. The number of ether oxygens (including phenoxy) is 5. The van der Waals surface area contributed by atoms with Crippen LogP contribution in [-0.2, 0) is 34.9 Å². The van der Waals surface area contributed by atoms with Crippen molar-refractivity contribution in [3.63, 3.8) is 0 Å². The molecule has 0 radical (unpaired) electrons. The molecular weight excluding hydrogens is 622 g/mol. The molecule has 8 N–H and O–H groups in total. The molecular formula is C32H45NO14. The van der Waals surface area contributed by atoms with Gasteiger partial charge in [-0.15, -0.1) is 0 Å². The minimum absolute atomic E-state index is 0.0264. The normalized spacial score (nSPS) is 43.3. The van der Waals surface area contributed by atoms with E-state index in [1.807, 2.05) is 24.3 Å². The predicted octanol–water partition coefficient (Wildman–Crippen LogP) is -2.68. The summed E-state index contributed by atoms with van der Waals surface area (Å²) < 4.78 is 29.0. The van der Waals surface area contributed by atoms with Crippen LogP contribution in [0, 0.1) is 11.8 Å². The van der Waals surface area contributed by atoms with Crippen molar-refractivity contribution in [2.75, 3.05) is 37.9 Å². The first-order valence-electron chi connectivity index (χ1n) is 16.2. The molecule has 4 heterocycles. The summed E-state index contributed by atoms with van der Waals surface area (Å²) in [6.07, 6.45) is -8.46. The van der Waals surface area contributed by atoms with Gasteiger partial charge in [-0.05, 0) is 42.7 Å². The van der Waals surface area contributed by atoms with Crippen molar-refractivity contribution in [3.8, 4) is 0 Å². The predicted molar refractivity (Wildman–Crippen MR) is 160 cm³/mol. The Morgan fingerprint density at radius 2 is 1.40 bits per heavy atom. The number of carbonyl (C=O) groups excluding carboxylic acids is 1. The molecule has 6 rings (SSSR count). The third-order valence-electron chi connectivity index (χ3n) is 10.2. The summed E-state index contributed by atoms with van der Waals surface area (Å²) in [5.41, 5.74) is 1.10. The number of carbonyl (C=O) groups is 1. The Bertz CT molecular complexity index is 1250. The van der Waals surface area contributed by atoms with Gasteiger partial charge in [0.05, 0.1) is 32.0 Å². The molecule has 0 aromatic heterocycles. The molecule has 0 saturated carbocycles. The van der Waals surface area contributed by atoms with E-state index in [9.17, 15) is 45.6 Å². The standard InChI is InChI=1S/C32H45NO14/c34-14-21-23(37)25(39)27(41)30(45-21)43-11-7-16-1-3-17(4-2-16)33-10-6-19-20-13-18(36)5-8-32(20,47-29(19)33)9-12-44-31-28(42)26(40)24(38)22(15-35)46-31/h1-5,8,19-31,34-35,37-42H,6-7,9-15H2/t19-,20-,21-,22-,23-,24-,25+,26+,27-,28-,29+,30-,31-,32+/m1/s1. The molecule has 5 aliphatic rings. The number of aliphatic hydroxyl groups is 8. The van der Waals surface area contributed by atoms with Gasteiger partial charge in [0.2, 0.25) is 0 Å². The highest BCUT2D eigenvalue weighted by Gasteiger charge is 2.58. The zero-order valence-electron chi connectivity index (χ0n) is 25.8. The number of hydrogen-bond donors (Lipinski definition) is 8. The maximum Gasteiger partial charge on any atom is 0.186 e. The van der Waals surface area contributed by atoms with Gasteiger partial charge in [0.1, 0.15) is 55.1 Å². The SMILES string of the molecule is O=C1C=C[C@@]2(CCO[C@@H]3O[C@H](CO)[C@@H](O)[C@H](O)[C@H]3O)O[C@H]3[C@H](CCN3c3ccc(CCO[C@@H]4O[C@H](CO)[C@@H](O)[C@H](O)[C@H]4O)cc3)[C@H]2C1. The molecule has 15 heteroatoms. The van der Waals surface area contributed by atoms with Crippen LogP contribution in [0.1, 0.15) is 24.8 Å². The van der Waals surface area contributed by atoms with Gasteiger partial charge in [0.15, 0.2) is 18.4 Å². The van der Waals surface area contributed by atoms with Crippen molar-refractivity contribution < 1.29 is 69.3 Å². The van der Waals surface area contributed by atoms with Crippen LogP contribution in [0.2, 0.25) is 0 Å². The van der Waals surface area contributed by atoms with E-state index in [0.717, 1.165) is 24.2 Å². The van der Waals surface area contributed by atoms with E-state index in [2.05, 4.69) is 4.90 Å². The summed E-state index contributed by atoms with van der Waals surface area (Å²) in [5, 5.41) is 79.5. The monoisotopic (exact) mass is 667 g/mol. The van der Waals surface area contributed by atoms with E-state index in [-0.39, 0.29) is 37.1 Å². The molecule has 0 spiro atoms. The lowest BCUT2D eigenvalue weighted by molar-refractivity contribution is -0.302. The summed E-state index contributed by atoms with van der Waals surface area (Å²) in [6, 6.07) is 7.86. The molecule has 1 aromatic rings. The van der Waals surface area contributed by atoms with Crippen LogP contribution >= 0.6 is 0 Å². The van der Waals surface area contributed by atoms with E-state index in [0.29, 0.717) is 19.3 Å². The van der Waals surface area contributed by atoms with E-state index in [4.69, 9.17) is 23.7 Å². The number of hydrogen-bond acceptors (Lipinski definition) is 15. The number of ketones is 1. The number of anilines is 1. The lowest BCUT2D eigenvalue weighted by Crippen LogP contribution is -2.59. The van der Waals surface area contributed by atoms with Gasteiger partial charge in [-0.3, -0.25) is 4.79 Å². The zero-order chi connectivity index (χ0) is 33.5. The van der Waals surface area contributed by atoms with Crippen LogP contribution in [0.4, 0.5) is 5.69 Å². The summed E-state index contributed by atoms with van der Waals surface area (Å²) in [7, 11) is 0. The second-order valence-electron chi connectivity index (χ2n) is 13.0. The van der Waals surface area contributed by atoms with Crippen LogP contribution < -0.4 is 4.90 Å². The quantitative estimate of drug-likeness (QED) is 0.120. The molecule has 0 bridgehead atoms. The Kier molecular flexibility index (Phi) is 10.7. The number of rotatable bonds is 11. The first-order valence-corrected chi connectivity index (χ1v) is 16.2. The summed E-state index contributed by atoms with van der Waals surface area (Å²) in [5.74, 6) is 0.0217. The molecule has 15 nitrogen and oxygen atoms in total. The van der Waals surface area contributed by atoms with Crippen molar-refractivity contribution in [1.82, 2.24) is 0 Å². The van der Waals surface area contributed by atoms with E-state index < -0.39 is 80.2 Å². The molecule has 4 saturated heterocycles. The van der Waals surface area contributed by atoms with E-state index in [1.54, 1.807) is 6.08 Å². The minimum Gasteiger partial charge on any atom is -0.394 e. The number of fused-ring (bicyclic) bond motifs is 3. The third-order valence-corrected chi connectivity index (χ3v) is 10.2. The third kappa shape index (κ3) is 6.75. The summed E-state index contributed by atoms with van der Waals surface area (Å²) in [4.78, 5) is 14.7. The number of aliphatic hydroxyl groups excluding tert-OH is 8. The second-order valence-corrected chi connectivity index (χ2v) is 13.0. The molecule has 0 amide bonds. The lowest BCUT2D eigenvalue weighted by Gasteiger charge is -2.40. The van der Waals surface area contributed by atoms with Crippen molar-refractivity contribution in [2.45, 2.75) is 98.9 Å². The minimum atomic E-state index is -1.54. The molecule has 1 aliphatic carbocycles. The van der Waals surface area contributed by atoms with Crippen molar-refractivity contribution in [2.24, 2.45) is 11.8 Å². The van der Waals surface area contributed by atoms with Crippen LogP contribution in [0.3, 0.4) is 0 Å². The highest BCUT2D eigenvalue weighted by molar-refractivity contribution is 5.91. The van der Waals surface area contributed by atoms with Gasteiger partial charge in [-0.1, -0.05) is 12.1 Å². The Morgan fingerprint density at radius 3 is 2.00 bits per heavy atom. The zero-order valence-corrected chi connectivity index (χ0v) is 25.8. The Labute approximate surface area is 271 Å².